The molecule has 4 heteroatoms. The first-order valence-corrected chi connectivity index (χ1v) is 12.4. The summed E-state index contributed by atoms with van der Waals surface area (Å²) in [4.78, 5) is 5.55. The van der Waals surface area contributed by atoms with Gasteiger partial charge in [0.15, 0.2) is 0 Å². The average molecular weight is 532 g/mol. The maximum absolute atomic E-state index is 3.59. The molecule has 2 aromatic carbocycles. The van der Waals surface area contributed by atoms with Gasteiger partial charge in [0, 0.05) is 41.3 Å². The van der Waals surface area contributed by atoms with Crippen LogP contribution in [0.3, 0.4) is 0 Å². The minimum Gasteiger partial charge on any atom is -0.139 e. The van der Waals surface area contributed by atoms with Gasteiger partial charge in [0.05, 0.1) is 0 Å². The highest BCUT2D eigenvalue weighted by Gasteiger charge is 2.10. The molecular weight excluding hydrogens is 512 g/mol. The van der Waals surface area contributed by atoms with E-state index in [0.29, 0.717) is 0 Å². The van der Waals surface area contributed by atoms with Gasteiger partial charge in [-0.2, -0.15) is 0 Å². The standard InChI is InChI=1S/C24H20Br2S2/c1-15-3-5-19(25)11-17(15)13-21-7-9-23(27-21)24-10-8-22(28-24)14-18-12-20(26)6-4-16(18)2/h3-12H,13-14H2,1-2H3. The molecule has 2 heterocycles. The lowest BCUT2D eigenvalue weighted by molar-refractivity contribution is 1.19. The van der Waals surface area contributed by atoms with E-state index in [1.165, 1.54) is 41.8 Å². The summed E-state index contributed by atoms with van der Waals surface area (Å²) in [5.41, 5.74) is 5.47. The third-order valence-corrected chi connectivity index (χ3v) is 8.27. The van der Waals surface area contributed by atoms with E-state index < -0.39 is 0 Å². The fourth-order valence-electron chi connectivity index (χ4n) is 3.25. The van der Waals surface area contributed by atoms with Crippen LogP contribution < -0.4 is 0 Å². The summed E-state index contributed by atoms with van der Waals surface area (Å²) < 4.78 is 2.30. The second-order valence-corrected chi connectivity index (χ2v) is 11.2. The molecule has 0 amide bonds. The molecular formula is C24H20Br2S2. The van der Waals surface area contributed by atoms with Crippen molar-refractivity contribution in [2.45, 2.75) is 26.7 Å². The van der Waals surface area contributed by atoms with Gasteiger partial charge in [0.1, 0.15) is 0 Å². The molecule has 0 unspecified atom stereocenters. The Morgan fingerprint density at radius 1 is 0.607 bits per heavy atom. The SMILES string of the molecule is Cc1ccc(Br)cc1Cc1ccc(-c2ccc(Cc3cc(Br)ccc3C)s2)s1. The van der Waals surface area contributed by atoms with Crippen molar-refractivity contribution in [1.82, 2.24) is 0 Å². The van der Waals surface area contributed by atoms with Crippen LogP contribution in [0.1, 0.15) is 32.0 Å². The Morgan fingerprint density at radius 2 is 1.04 bits per heavy atom. The van der Waals surface area contributed by atoms with Gasteiger partial charge in [-0.15, -0.1) is 22.7 Å². The largest absolute Gasteiger partial charge is 0.139 e. The molecule has 0 N–H and O–H groups in total. The van der Waals surface area contributed by atoms with Gasteiger partial charge in [0.2, 0.25) is 0 Å². The van der Waals surface area contributed by atoms with Crippen LogP contribution in [0.4, 0.5) is 0 Å². The molecule has 0 atom stereocenters. The first-order valence-electron chi connectivity index (χ1n) is 9.16. The van der Waals surface area contributed by atoms with Gasteiger partial charge in [-0.3, -0.25) is 0 Å². The van der Waals surface area contributed by atoms with E-state index >= 15 is 0 Å². The molecule has 0 radical (unpaired) electrons. The molecule has 0 bridgehead atoms. The van der Waals surface area contributed by atoms with E-state index in [2.05, 4.69) is 106 Å². The molecule has 4 aromatic rings. The zero-order chi connectivity index (χ0) is 19.7. The first kappa shape index (κ1) is 20.1. The van der Waals surface area contributed by atoms with E-state index in [-0.39, 0.29) is 0 Å². The first-order chi connectivity index (χ1) is 13.5. The zero-order valence-corrected chi connectivity index (χ0v) is 20.6. The Balaban J connectivity index is 1.52. The van der Waals surface area contributed by atoms with Gasteiger partial charge in [-0.05, 0) is 84.6 Å². The fourth-order valence-corrected chi connectivity index (χ4v) is 6.22. The molecule has 2 aromatic heterocycles. The third-order valence-electron chi connectivity index (χ3n) is 4.92. The molecule has 0 aliphatic carbocycles. The summed E-state index contributed by atoms with van der Waals surface area (Å²) in [5, 5.41) is 0. The fraction of sp³-hybridized carbons (Fsp3) is 0.167. The van der Waals surface area contributed by atoms with Crippen molar-refractivity contribution in [3.05, 3.63) is 102 Å². The Labute approximate surface area is 191 Å². The number of rotatable bonds is 5. The lowest BCUT2D eigenvalue weighted by Crippen LogP contribution is -1.89. The Morgan fingerprint density at radius 3 is 1.46 bits per heavy atom. The molecule has 0 fully saturated rings. The van der Waals surface area contributed by atoms with Crippen LogP contribution >= 0.6 is 54.5 Å². The van der Waals surface area contributed by atoms with E-state index in [1.807, 2.05) is 22.7 Å². The van der Waals surface area contributed by atoms with Gasteiger partial charge in [-0.1, -0.05) is 44.0 Å². The Bertz CT molecular complexity index is 1030. The smallest absolute Gasteiger partial charge is 0.0445 e. The highest BCUT2D eigenvalue weighted by atomic mass is 79.9. The van der Waals surface area contributed by atoms with Crippen molar-refractivity contribution in [3.63, 3.8) is 0 Å². The van der Waals surface area contributed by atoms with E-state index in [4.69, 9.17) is 0 Å². The number of hydrogen-bond acceptors (Lipinski definition) is 2. The third kappa shape index (κ3) is 4.68. The van der Waals surface area contributed by atoms with Crippen molar-refractivity contribution in [1.29, 1.82) is 0 Å². The summed E-state index contributed by atoms with van der Waals surface area (Å²) in [5.74, 6) is 0. The summed E-state index contributed by atoms with van der Waals surface area (Å²) in [6, 6.07) is 22.2. The topological polar surface area (TPSA) is 0 Å². The highest BCUT2D eigenvalue weighted by molar-refractivity contribution is 9.10. The summed E-state index contributed by atoms with van der Waals surface area (Å²) >= 11 is 11.0. The molecule has 0 saturated heterocycles. The van der Waals surface area contributed by atoms with Crippen LogP contribution in [0.25, 0.3) is 9.75 Å². The molecule has 4 rings (SSSR count). The number of halogens is 2. The molecule has 142 valence electrons. The van der Waals surface area contributed by atoms with Crippen LogP contribution in [0, 0.1) is 13.8 Å². The summed E-state index contributed by atoms with van der Waals surface area (Å²) in [6.45, 7) is 4.37. The minimum absolute atomic E-state index is 0.991. The predicted molar refractivity (Wildman–Crippen MR) is 131 cm³/mol. The van der Waals surface area contributed by atoms with Crippen LogP contribution in [0.2, 0.25) is 0 Å². The number of aryl methyl sites for hydroxylation is 2. The molecule has 28 heavy (non-hydrogen) atoms. The zero-order valence-electron chi connectivity index (χ0n) is 15.8. The maximum atomic E-state index is 3.59. The normalized spacial score (nSPS) is 11.1. The second-order valence-electron chi connectivity index (χ2n) is 7.03. The van der Waals surface area contributed by atoms with Crippen LogP contribution in [0.5, 0.6) is 0 Å². The number of thiophene rings is 2. The maximum Gasteiger partial charge on any atom is 0.0445 e. The number of hydrogen-bond donors (Lipinski definition) is 0. The number of benzene rings is 2. The van der Waals surface area contributed by atoms with Crippen molar-refractivity contribution in [2.75, 3.05) is 0 Å². The van der Waals surface area contributed by atoms with Crippen LogP contribution in [0.15, 0.2) is 69.6 Å². The molecule has 0 aliphatic rings. The van der Waals surface area contributed by atoms with Crippen LogP contribution in [-0.4, -0.2) is 0 Å². The lowest BCUT2D eigenvalue weighted by Gasteiger charge is -2.05. The van der Waals surface area contributed by atoms with Gasteiger partial charge in [0.25, 0.3) is 0 Å². The Hall–Kier alpha value is -1.20. The molecule has 0 aliphatic heterocycles. The van der Waals surface area contributed by atoms with Crippen molar-refractivity contribution in [3.8, 4) is 9.75 Å². The molecule has 0 nitrogen and oxygen atoms in total. The highest BCUT2D eigenvalue weighted by Crippen LogP contribution is 2.36. The van der Waals surface area contributed by atoms with Crippen molar-refractivity contribution < 1.29 is 0 Å². The minimum atomic E-state index is 0.991. The van der Waals surface area contributed by atoms with Gasteiger partial charge in [-0.25, -0.2) is 0 Å². The van der Waals surface area contributed by atoms with Gasteiger partial charge >= 0.3 is 0 Å². The van der Waals surface area contributed by atoms with E-state index in [0.717, 1.165) is 21.8 Å². The monoisotopic (exact) mass is 530 g/mol. The van der Waals surface area contributed by atoms with Crippen LogP contribution in [-0.2, 0) is 12.8 Å². The summed E-state index contributed by atoms with van der Waals surface area (Å²) in [7, 11) is 0. The summed E-state index contributed by atoms with van der Waals surface area (Å²) in [6.07, 6.45) is 1.98. The predicted octanol–water partition coefficient (Wildman–Crippen LogP) is 8.80. The molecule has 0 spiro atoms. The Kier molecular flexibility index (Phi) is 6.21. The van der Waals surface area contributed by atoms with Crippen molar-refractivity contribution >= 4 is 54.5 Å². The molecule has 0 saturated carbocycles. The van der Waals surface area contributed by atoms with E-state index in [1.54, 1.807) is 0 Å². The quantitative estimate of drug-likeness (QED) is 0.241. The van der Waals surface area contributed by atoms with E-state index in [9.17, 15) is 0 Å². The average Bonchev–Trinajstić information content (AvgIpc) is 3.31. The lowest BCUT2D eigenvalue weighted by atomic mass is 10.1. The van der Waals surface area contributed by atoms with Crippen molar-refractivity contribution in [2.24, 2.45) is 0 Å². The van der Waals surface area contributed by atoms with Gasteiger partial charge < -0.3 is 0 Å². The second kappa shape index (κ2) is 8.66.